The predicted molar refractivity (Wildman–Crippen MR) is 53.5 cm³/mol. The van der Waals surface area contributed by atoms with Gasteiger partial charge in [-0.05, 0) is 0 Å². The van der Waals surface area contributed by atoms with Crippen molar-refractivity contribution in [1.29, 1.82) is 5.41 Å². The number of aromatic nitrogens is 4. The van der Waals surface area contributed by atoms with Gasteiger partial charge in [-0.1, -0.05) is 0 Å². The summed E-state index contributed by atoms with van der Waals surface area (Å²) in [6.07, 6.45) is 2.40. The minimum absolute atomic E-state index is 0.0721. The molecule has 0 saturated carbocycles. The lowest BCUT2D eigenvalue weighted by Crippen LogP contribution is -2.24. The standard InChI is InChI=1S/C9H11N5O2/c10-8-7-9(12-3-11-7)14(4-13-8)1-5(15)6-2-16-6/h3-6,10,15H,1-2H2,(H,11,12). The summed E-state index contributed by atoms with van der Waals surface area (Å²) in [6.45, 7) is 0.981. The number of aliphatic hydroxyl groups is 1. The SMILES string of the molecule is N=c1ncn(CC(O)C2CO2)c2nc[nH]c12. The van der Waals surface area contributed by atoms with Crippen LogP contribution in [-0.4, -0.2) is 43.4 Å². The fourth-order valence-corrected chi connectivity index (χ4v) is 1.66. The van der Waals surface area contributed by atoms with E-state index in [1.807, 2.05) is 0 Å². The van der Waals surface area contributed by atoms with Gasteiger partial charge in [0.05, 0.1) is 25.8 Å². The van der Waals surface area contributed by atoms with Gasteiger partial charge in [0, 0.05) is 0 Å². The summed E-state index contributed by atoms with van der Waals surface area (Å²) < 4.78 is 6.73. The Balaban J connectivity index is 1.99. The summed E-state index contributed by atoms with van der Waals surface area (Å²) in [4.78, 5) is 10.9. The highest BCUT2D eigenvalue weighted by Crippen LogP contribution is 2.16. The van der Waals surface area contributed by atoms with Crippen molar-refractivity contribution in [2.75, 3.05) is 6.61 Å². The summed E-state index contributed by atoms with van der Waals surface area (Å²) in [6, 6.07) is 0. The highest BCUT2D eigenvalue weighted by Gasteiger charge is 2.31. The van der Waals surface area contributed by atoms with Crippen LogP contribution in [0.2, 0.25) is 0 Å². The van der Waals surface area contributed by atoms with Gasteiger partial charge >= 0.3 is 0 Å². The van der Waals surface area contributed by atoms with Crippen LogP contribution in [0.25, 0.3) is 11.2 Å². The number of rotatable bonds is 3. The Morgan fingerprint density at radius 1 is 1.69 bits per heavy atom. The molecule has 0 aliphatic carbocycles. The number of nitrogens with one attached hydrogen (secondary N) is 2. The van der Waals surface area contributed by atoms with Gasteiger partial charge in [-0.15, -0.1) is 0 Å². The van der Waals surface area contributed by atoms with Crippen LogP contribution in [0.3, 0.4) is 0 Å². The van der Waals surface area contributed by atoms with Crippen molar-refractivity contribution >= 4 is 11.2 Å². The molecule has 2 atom stereocenters. The van der Waals surface area contributed by atoms with E-state index in [4.69, 9.17) is 10.1 Å². The Morgan fingerprint density at radius 3 is 3.25 bits per heavy atom. The molecule has 2 unspecified atom stereocenters. The van der Waals surface area contributed by atoms with Crippen LogP contribution in [0, 0.1) is 5.41 Å². The van der Waals surface area contributed by atoms with Crippen LogP contribution in [0.5, 0.6) is 0 Å². The number of nitrogens with zero attached hydrogens (tertiary/aromatic N) is 3. The van der Waals surface area contributed by atoms with Gasteiger partial charge in [-0.25, -0.2) is 9.97 Å². The first kappa shape index (κ1) is 9.49. The number of hydrogen-bond donors (Lipinski definition) is 3. The van der Waals surface area contributed by atoms with E-state index in [-0.39, 0.29) is 11.6 Å². The van der Waals surface area contributed by atoms with E-state index in [9.17, 15) is 5.11 Å². The summed E-state index contributed by atoms with van der Waals surface area (Å²) in [5.41, 5.74) is 1.35. The molecular formula is C9H11N5O2. The number of fused-ring (bicyclic) bond motifs is 1. The number of aromatic amines is 1. The van der Waals surface area contributed by atoms with E-state index >= 15 is 0 Å². The molecule has 84 valence electrons. The molecule has 1 saturated heterocycles. The second-order valence-electron chi connectivity index (χ2n) is 3.79. The van der Waals surface area contributed by atoms with Crippen molar-refractivity contribution in [2.24, 2.45) is 0 Å². The average molecular weight is 221 g/mol. The molecule has 16 heavy (non-hydrogen) atoms. The maximum Gasteiger partial charge on any atom is 0.173 e. The molecule has 1 aliphatic heterocycles. The summed E-state index contributed by atoms with van der Waals surface area (Å²) in [7, 11) is 0. The van der Waals surface area contributed by atoms with Crippen molar-refractivity contribution in [3.63, 3.8) is 0 Å². The lowest BCUT2D eigenvalue weighted by atomic mass is 10.2. The maximum absolute atomic E-state index is 9.75. The summed E-state index contributed by atoms with van der Waals surface area (Å²) >= 11 is 0. The molecule has 7 heteroatoms. The van der Waals surface area contributed by atoms with Crippen molar-refractivity contribution in [3.8, 4) is 0 Å². The molecule has 0 bridgehead atoms. The maximum atomic E-state index is 9.75. The smallest absolute Gasteiger partial charge is 0.173 e. The Hall–Kier alpha value is -1.73. The number of epoxide rings is 1. The van der Waals surface area contributed by atoms with E-state index in [0.717, 1.165) is 0 Å². The average Bonchev–Trinajstić information content (AvgIpc) is 3.00. The van der Waals surface area contributed by atoms with Crippen molar-refractivity contribution < 1.29 is 9.84 Å². The van der Waals surface area contributed by atoms with Crippen LogP contribution in [0.1, 0.15) is 0 Å². The van der Waals surface area contributed by atoms with Crippen LogP contribution >= 0.6 is 0 Å². The largest absolute Gasteiger partial charge is 0.388 e. The van der Waals surface area contributed by atoms with E-state index in [2.05, 4.69) is 15.0 Å². The van der Waals surface area contributed by atoms with Gasteiger partial charge in [0.2, 0.25) is 0 Å². The third kappa shape index (κ3) is 1.50. The minimum atomic E-state index is -0.553. The first-order valence-corrected chi connectivity index (χ1v) is 4.98. The highest BCUT2D eigenvalue weighted by atomic mass is 16.6. The minimum Gasteiger partial charge on any atom is -0.388 e. The number of aliphatic hydroxyl groups excluding tert-OH is 1. The molecule has 2 aromatic rings. The van der Waals surface area contributed by atoms with Gasteiger partial charge in [0.15, 0.2) is 11.1 Å². The van der Waals surface area contributed by atoms with Gasteiger partial charge in [-0.3, -0.25) is 5.41 Å². The van der Waals surface area contributed by atoms with Crippen LogP contribution < -0.4 is 5.49 Å². The molecule has 1 fully saturated rings. The first-order valence-electron chi connectivity index (χ1n) is 4.98. The Morgan fingerprint density at radius 2 is 2.50 bits per heavy atom. The zero-order valence-corrected chi connectivity index (χ0v) is 8.42. The molecular weight excluding hydrogens is 210 g/mol. The number of H-pyrrole nitrogens is 1. The molecule has 7 nitrogen and oxygen atoms in total. The molecule has 0 spiro atoms. The number of hydrogen-bond acceptors (Lipinski definition) is 5. The molecule has 0 aromatic carbocycles. The number of imidazole rings is 1. The summed E-state index contributed by atoms with van der Waals surface area (Å²) in [5.74, 6) is 0. The zero-order valence-electron chi connectivity index (χ0n) is 8.42. The van der Waals surface area contributed by atoms with Crippen molar-refractivity contribution in [2.45, 2.75) is 18.8 Å². The fourth-order valence-electron chi connectivity index (χ4n) is 1.66. The second-order valence-corrected chi connectivity index (χ2v) is 3.79. The predicted octanol–water partition coefficient (Wildman–Crippen LogP) is -1.00. The normalized spacial score (nSPS) is 21.2. The van der Waals surface area contributed by atoms with Gasteiger partial charge in [0.25, 0.3) is 0 Å². The first-order chi connectivity index (χ1) is 7.75. The molecule has 1 aliphatic rings. The Bertz CT molecular complexity index is 571. The van der Waals surface area contributed by atoms with Crippen molar-refractivity contribution in [1.82, 2.24) is 19.5 Å². The monoisotopic (exact) mass is 221 g/mol. The molecule has 0 radical (unpaired) electrons. The Labute approximate surface area is 90.2 Å². The van der Waals surface area contributed by atoms with Crippen LogP contribution in [0.4, 0.5) is 0 Å². The molecule has 3 heterocycles. The molecule has 2 aromatic heterocycles. The van der Waals surface area contributed by atoms with E-state index in [1.165, 1.54) is 12.7 Å². The van der Waals surface area contributed by atoms with Gasteiger partial charge < -0.3 is 19.4 Å². The zero-order chi connectivity index (χ0) is 11.1. The molecule has 3 N–H and O–H groups in total. The number of ether oxygens (including phenoxy) is 1. The highest BCUT2D eigenvalue weighted by molar-refractivity contribution is 5.68. The summed E-state index contributed by atoms with van der Waals surface area (Å²) in [5, 5.41) is 17.3. The Kier molecular flexibility index (Phi) is 2.01. The van der Waals surface area contributed by atoms with Crippen LogP contribution in [0.15, 0.2) is 12.7 Å². The van der Waals surface area contributed by atoms with E-state index in [1.54, 1.807) is 4.57 Å². The fraction of sp³-hybridized carbons (Fsp3) is 0.444. The molecule has 3 rings (SSSR count). The topological polar surface area (TPSA) is 103 Å². The lowest BCUT2D eigenvalue weighted by Gasteiger charge is -2.10. The third-order valence-electron chi connectivity index (χ3n) is 2.63. The molecule has 0 amide bonds. The van der Waals surface area contributed by atoms with Crippen molar-refractivity contribution in [3.05, 3.63) is 18.1 Å². The van der Waals surface area contributed by atoms with E-state index in [0.29, 0.717) is 24.3 Å². The quantitative estimate of drug-likeness (QED) is 0.578. The third-order valence-corrected chi connectivity index (χ3v) is 2.63. The van der Waals surface area contributed by atoms with Gasteiger partial charge in [0.1, 0.15) is 17.7 Å². The van der Waals surface area contributed by atoms with Gasteiger partial charge in [-0.2, -0.15) is 0 Å². The van der Waals surface area contributed by atoms with Crippen LogP contribution in [-0.2, 0) is 11.3 Å². The van der Waals surface area contributed by atoms with E-state index < -0.39 is 6.10 Å². The second kappa shape index (κ2) is 3.39. The lowest BCUT2D eigenvalue weighted by molar-refractivity contribution is 0.118.